The predicted molar refractivity (Wildman–Crippen MR) is 225 cm³/mol. The van der Waals surface area contributed by atoms with Crippen molar-refractivity contribution in [2.45, 2.75) is 101 Å². The van der Waals surface area contributed by atoms with E-state index >= 15 is 0 Å². The number of piperazine rings is 1. The lowest BCUT2D eigenvalue weighted by atomic mass is 9.63. The summed E-state index contributed by atoms with van der Waals surface area (Å²) in [6.45, 7) is 18.1. The van der Waals surface area contributed by atoms with Crippen LogP contribution in [-0.2, 0) is 16.6 Å². The zero-order chi connectivity index (χ0) is 37.9. The molecule has 1 spiro atoms. The zero-order valence-electron chi connectivity index (χ0n) is 33.4. The molecule has 9 atom stereocenters. The summed E-state index contributed by atoms with van der Waals surface area (Å²) in [5.41, 5.74) is 3.86. The number of aryl methyl sites for hydroxylation is 1. The van der Waals surface area contributed by atoms with Crippen LogP contribution >= 0.6 is 22.3 Å². The molecule has 7 unspecified atom stereocenters. The van der Waals surface area contributed by atoms with Crippen LogP contribution < -0.4 is 14.4 Å². The highest BCUT2D eigenvalue weighted by atomic mass is 35.5. The van der Waals surface area contributed by atoms with Crippen LogP contribution in [0.4, 0.5) is 5.69 Å². The van der Waals surface area contributed by atoms with Crippen molar-refractivity contribution in [2.75, 3.05) is 64.9 Å². The molecule has 6 rings (SSSR count). The van der Waals surface area contributed by atoms with Gasteiger partial charge in [-0.05, 0) is 125 Å². The van der Waals surface area contributed by atoms with Gasteiger partial charge in [0.25, 0.3) is 0 Å². The van der Waals surface area contributed by atoms with E-state index in [2.05, 4.69) is 84.2 Å². The van der Waals surface area contributed by atoms with Gasteiger partial charge in [0, 0.05) is 73.2 Å². The third-order valence-corrected chi connectivity index (χ3v) is 15.6. The number of rotatable bonds is 14. The molecule has 1 saturated heterocycles. The zero-order valence-corrected chi connectivity index (χ0v) is 35.0. The maximum atomic E-state index is 12.1. The van der Waals surface area contributed by atoms with E-state index in [4.69, 9.17) is 21.1 Å². The number of halogens is 1. The van der Waals surface area contributed by atoms with Crippen LogP contribution in [0.25, 0.3) is 0 Å². The van der Waals surface area contributed by atoms with Crippen molar-refractivity contribution in [1.29, 1.82) is 0 Å². The van der Waals surface area contributed by atoms with Gasteiger partial charge in [-0.25, -0.2) is 0 Å². The smallest absolute Gasteiger partial charge is 0.150 e. The largest absolute Gasteiger partial charge is 0.490 e. The van der Waals surface area contributed by atoms with Crippen LogP contribution in [0.15, 0.2) is 48.6 Å². The maximum absolute atomic E-state index is 12.1. The van der Waals surface area contributed by atoms with Gasteiger partial charge in [0.15, 0.2) is 0 Å². The lowest BCUT2D eigenvalue weighted by molar-refractivity contribution is -0.102. The monoisotopic (exact) mass is 764 g/mol. The number of nitrogens with one attached hydrogen (secondary N) is 1. The quantitative estimate of drug-likeness (QED) is 0.118. The fourth-order valence-corrected chi connectivity index (χ4v) is 11.4. The predicted octanol–water partition coefficient (Wildman–Crippen LogP) is 8.26. The van der Waals surface area contributed by atoms with Crippen LogP contribution in [0.5, 0.6) is 5.75 Å². The van der Waals surface area contributed by atoms with Gasteiger partial charge in [0.1, 0.15) is 17.6 Å². The van der Waals surface area contributed by atoms with E-state index < -0.39 is 5.60 Å². The fraction of sp³-hybridized carbons (Fsp3) is 0.636. The second kappa shape index (κ2) is 17.3. The molecule has 0 amide bonds. The Bertz CT molecular complexity index is 1630. The highest BCUT2D eigenvalue weighted by Crippen LogP contribution is 2.49. The van der Waals surface area contributed by atoms with Crippen LogP contribution in [-0.4, -0.2) is 105 Å². The number of aldehydes is 1. The van der Waals surface area contributed by atoms with E-state index in [1.807, 2.05) is 38.4 Å². The SMILES string of the molecule is C=S(NC)C(C)C(C)C/C=C/[C@@](CN1CC(C)N(CC)C(C)C1)(OC)C1CCC1CN1C[C@@]2(CCCc3cc(Cl)ccc32)COc2ccc(C=O)cc21. The van der Waals surface area contributed by atoms with Crippen LogP contribution in [0.2, 0.25) is 5.02 Å². The van der Waals surface area contributed by atoms with E-state index in [1.54, 1.807) is 0 Å². The van der Waals surface area contributed by atoms with Crippen molar-refractivity contribution in [1.82, 2.24) is 14.5 Å². The number of anilines is 1. The first-order valence-electron chi connectivity index (χ1n) is 20.1. The first-order valence-corrected chi connectivity index (χ1v) is 22.0. The van der Waals surface area contributed by atoms with Gasteiger partial charge < -0.3 is 14.4 Å². The molecule has 292 valence electrons. The van der Waals surface area contributed by atoms with Crippen LogP contribution in [0, 0.1) is 17.8 Å². The second-order valence-corrected chi connectivity index (χ2v) is 19.2. The molecular weight excluding hydrogens is 700 g/mol. The molecule has 53 heavy (non-hydrogen) atoms. The number of carbonyl (C=O) groups excluding carboxylic acids is 1. The van der Waals surface area contributed by atoms with Crippen LogP contribution in [0.1, 0.15) is 88.2 Å². The van der Waals surface area contributed by atoms with Crippen molar-refractivity contribution in [3.63, 3.8) is 0 Å². The molecule has 1 N–H and O–H groups in total. The molecule has 0 radical (unpaired) electrons. The molecule has 7 nitrogen and oxygen atoms in total. The van der Waals surface area contributed by atoms with Gasteiger partial charge in [0.2, 0.25) is 0 Å². The second-order valence-electron chi connectivity index (χ2n) is 16.7. The maximum Gasteiger partial charge on any atom is 0.150 e. The van der Waals surface area contributed by atoms with E-state index in [0.717, 1.165) is 101 Å². The number of hydrogen-bond acceptors (Lipinski definition) is 7. The summed E-state index contributed by atoms with van der Waals surface area (Å²) >= 11 is 6.53. The van der Waals surface area contributed by atoms with Crippen molar-refractivity contribution in [3.05, 3.63) is 70.3 Å². The third kappa shape index (κ3) is 8.49. The Balaban J connectivity index is 1.32. The number of allylic oxidation sites excluding steroid dienone is 1. The number of carbonyl (C=O) groups is 1. The minimum Gasteiger partial charge on any atom is -0.490 e. The normalized spacial score (nSPS) is 29.3. The number of benzene rings is 2. The summed E-state index contributed by atoms with van der Waals surface area (Å²) in [6.07, 6.45) is 12.3. The number of ether oxygens (including phenoxy) is 2. The van der Waals surface area contributed by atoms with Gasteiger partial charge in [-0.3, -0.25) is 19.3 Å². The Morgan fingerprint density at radius 2 is 1.94 bits per heavy atom. The van der Waals surface area contributed by atoms with Gasteiger partial charge in [-0.2, -0.15) is 0 Å². The Morgan fingerprint density at radius 3 is 2.60 bits per heavy atom. The van der Waals surface area contributed by atoms with Gasteiger partial charge in [-0.15, -0.1) is 10.7 Å². The molecular formula is C44H65ClN4O3S. The van der Waals surface area contributed by atoms with Crippen molar-refractivity contribution in [2.24, 2.45) is 17.8 Å². The average molecular weight is 766 g/mol. The summed E-state index contributed by atoms with van der Waals surface area (Å²) in [7, 11) is 3.89. The van der Waals surface area contributed by atoms with E-state index in [0.29, 0.717) is 47.3 Å². The van der Waals surface area contributed by atoms with Gasteiger partial charge in [0.05, 0.1) is 12.3 Å². The number of nitrogens with zero attached hydrogens (tertiary/aromatic N) is 3. The van der Waals surface area contributed by atoms with Gasteiger partial charge >= 0.3 is 0 Å². The van der Waals surface area contributed by atoms with Gasteiger partial charge in [-0.1, -0.05) is 56.5 Å². The minimum absolute atomic E-state index is 0.0699. The lowest BCUT2D eigenvalue weighted by Gasteiger charge is -2.53. The van der Waals surface area contributed by atoms with E-state index in [-0.39, 0.29) is 16.1 Å². The Hall–Kier alpha value is -2.20. The summed E-state index contributed by atoms with van der Waals surface area (Å²) in [5.74, 6) is 6.53. The molecule has 2 aromatic carbocycles. The average Bonchev–Trinajstić information content (AvgIpc) is 3.28. The van der Waals surface area contributed by atoms with Crippen molar-refractivity contribution in [3.8, 4) is 5.75 Å². The van der Waals surface area contributed by atoms with Crippen molar-refractivity contribution >= 4 is 40.1 Å². The van der Waals surface area contributed by atoms with E-state index in [1.165, 1.54) is 11.1 Å². The summed E-state index contributed by atoms with van der Waals surface area (Å²) < 4.78 is 16.9. The molecule has 2 aliphatic carbocycles. The number of likely N-dealkylation sites (N-methyl/N-ethyl adjacent to an activating group) is 1. The Labute approximate surface area is 327 Å². The standard InChI is InChI=1S/C44H65ClN4O3S/c1-9-49-32(3)24-47(25-33(49)4)29-44(51-7,21-10-12-31(2)34(5)53(8)46-6)40-17-15-37(40)26-48-28-43(20-11-13-36-23-38(45)16-18-39(36)43)30-52-42-19-14-35(27-50)22-41(42)48/h10,14,16,18-19,21-23,27,31-34,37,40,46H,8-9,11-13,15,17,20,24-26,28-30H2,1-7H3/b21-10+/t31?,32?,33?,34?,37?,40?,43-,44-,53?/m0/s1. The summed E-state index contributed by atoms with van der Waals surface area (Å²) in [5, 5.41) is 1.28. The Kier molecular flexibility index (Phi) is 13.2. The highest BCUT2D eigenvalue weighted by Gasteiger charge is 2.50. The summed E-state index contributed by atoms with van der Waals surface area (Å²) in [4.78, 5) is 20.0. The molecule has 2 fully saturated rings. The lowest BCUT2D eigenvalue weighted by Crippen LogP contribution is -2.62. The Morgan fingerprint density at radius 1 is 1.17 bits per heavy atom. The summed E-state index contributed by atoms with van der Waals surface area (Å²) in [6, 6.07) is 13.4. The topological polar surface area (TPSA) is 57.3 Å². The third-order valence-electron chi connectivity index (χ3n) is 13.5. The molecule has 0 bridgehead atoms. The molecule has 2 aliphatic heterocycles. The number of fused-ring (bicyclic) bond motifs is 3. The molecule has 2 heterocycles. The fourth-order valence-electron chi connectivity index (χ4n) is 10.2. The molecule has 1 saturated carbocycles. The molecule has 2 aromatic rings. The minimum atomic E-state index is -0.406. The molecule has 4 aliphatic rings. The van der Waals surface area contributed by atoms with Crippen molar-refractivity contribution < 1.29 is 14.3 Å². The number of hydrogen-bond donors (Lipinski definition) is 1. The van der Waals surface area contributed by atoms with E-state index in [9.17, 15) is 4.79 Å². The molecule has 0 aromatic heterocycles. The number of methoxy groups -OCH3 is 1. The van der Waals surface area contributed by atoms with Crippen LogP contribution in [0.3, 0.4) is 0 Å². The molecule has 9 heteroatoms. The first-order chi connectivity index (χ1) is 25.5. The first kappa shape index (κ1) is 40.5. The highest BCUT2D eigenvalue weighted by molar-refractivity contribution is 8.12.